The normalized spacial score (nSPS) is 18.9. The number of piperidine rings is 1. The molecule has 9 nitrogen and oxygen atoms in total. The molecule has 2 aliphatic heterocycles. The zero-order valence-corrected chi connectivity index (χ0v) is 22.1. The molecule has 0 radical (unpaired) electrons. The topological polar surface area (TPSA) is 106 Å². The Balaban J connectivity index is 1.20. The highest BCUT2D eigenvalue weighted by atomic mass is 16.5. The second kappa shape index (κ2) is 9.72. The van der Waals surface area contributed by atoms with Gasteiger partial charge in [-0.3, -0.25) is 19.3 Å². The van der Waals surface area contributed by atoms with Crippen LogP contribution in [0.5, 0.6) is 5.75 Å². The van der Waals surface area contributed by atoms with Crippen LogP contribution in [0.2, 0.25) is 0 Å². The van der Waals surface area contributed by atoms with Crippen molar-refractivity contribution in [2.24, 2.45) is 0 Å². The van der Waals surface area contributed by atoms with Crippen molar-refractivity contribution in [2.75, 3.05) is 5.32 Å². The van der Waals surface area contributed by atoms with Crippen LogP contribution in [-0.4, -0.2) is 44.5 Å². The lowest BCUT2D eigenvalue weighted by Gasteiger charge is -2.29. The summed E-state index contributed by atoms with van der Waals surface area (Å²) in [4.78, 5) is 40.2. The monoisotopic (exact) mass is 525 g/mol. The van der Waals surface area contributed by atoms with Crippen LogP contribution in [0.15, 0.2) is 61.1 Å². The van der Waals surface area contributed by atoms with Gasteiger partial charge in [-0.05, 0) is 75.3 Å². The van der Waals surface area contributed by atoms with Gasteiger partial charge in [0.15, 0.2) is 0 Å². The summed E-state index contributed by atoms with van der Waals surface area (Å²) < 4.78 is 7.82. The summed E-state index contributed by atoms with van der Waals surface area (Å²) >= 11 is 0. The van der Waals surface area contributed by atoms with Crippen LogP contribution in [0.25, 0.3) is 5.69 Å². The Morgan fingerprint density at radius 3 is 2.69 bits per heavy atom. The van der Waals surface area contributed by atoms with Crippen molar-refractivity contribution in [2.45, 2.75) is 64.1 Å². The molecule has 1 aromatic heterocycles. The minimum Gasteiger partial charge on any atom is -0.491 e. The van der Waals surface area contributed by atoms with Crippen molar-refractivity contribution < 1.29 is 19.1 Å². The molecule has 3 aromatic rings. The number of allylic oxidation sites excluding steroid dienone is 1. The molecule has 6 rings (SSSR count). The molecule has 1 saturated heterocycles. The third-order valence-electron chi connectivity index (χ3n) is 7.30. The zero-order valence-electron chi connectivity index (χ0n) is 22.1. The summed E-state index contributed by atoms with van der Waals surface area (Å²) in [5.41, 5.74) is 4.85. The van der Waals surface area contributed by atoms with E-state index in [-0.39, 0.29) is 12.0 Å². The first-order valence-electron chi connectivity index (χ1n) is 13.4. The Kier molecular flexibility index (Phi) is 6.21. The van der Waals surface area contributed by atoms with Gasteiger partial charge in [-0.25, -0.2) is 4.68 Å². The summed E-state index contributed by atoms with van der Waals surface area (Å²) in [5, 5.41) is 10.5. The molecule has 1 unspecified atom stereocenters. The van der Waals surface area contributed by atoms with Crippen LogP contribution in [0.1, 0.15) is 77.3 Å². The fraction of sp³-hybridized carbons (Fsp3) is 0.333. The molecule has 39 heavy (non-hydrogen) atoms. The number of fused-ring (bicyclic) bond motifs is 1. The van der Waals surface area contributed by atoms with Crippen LogP contribution < -0.4 is 15.4 Å². The second-order valence-electron chi connectivity index (χ2n) is 10.7. The van der Waals surface area contributed by atoms with E-state index < -0.39 is 17.9 Å². The predicted molar refractivity (Wildman–Crippen MR) is 146 cm³/mol. The van der Waals surface area contributed by atoms with Crippen LogP contribution in [0.3, 0.4) is 0 Å². The molecule has 2 N–H and O–H groups in total. The number of hydrogen-bond donors (Lipinski definition) is 2. The largest absolute Gasteiger partial charge is 0.491 e. The highest BCUT2D eigenvalue weighted by molar-refractivity contribution is 6.25. The molecular weight excluding hydrogens is 494 g/mol. The number of nitrogens with zero attached hydrogens (tertiary/aromatic N) is 3. The van der Waals surface area contributed by atoms with Crippen molar-refractivity contribution in [1.82, 2.24) is 20.0 Å². The number of carbonyl (C=O) groups is 3. The SMILES string of the molecule is C=C1CCC(N2C(=O)c3cccc(NCc4cnn(-c5cc(OC(C)C)cc(C6CC6)c5)c4)c3C2=O)C(=O)N1. The smallest absolute Gasteiger partial charge is 0.264 e. The lowest BCUT2D eigenvalue weighted by molar-refractivity contribution is -0.125. The molecule has 3 aliphatic rings. The summed E-state index contributed by atoms with van der Waals surface area (Å²) in [5.74, 6) is 0.123. The average Bonchev–Trinajstić information content (AvgIpc) is 3.59. The molecule has 9 heteroatoms. The van der Waals surface area contributed by atoms with E-state index in [4.69, 9.17) is 4.74 Å². The maximum Gasteiger partial charge on any atom is 0.264 e. The number of amides is 3. The van der Waals surface area contributed by atoms with Crippen LogP contribution in [0, 0.1) is 0 Å². The van der Waals surface area contributed by atoms with E-state index in [0.717, 1.165) is 21.9 Å². The third kappa shape index (κ3) is 4.80. The average molecular weight is 526 g/mol. The first-order chi connectivity index (χ1) is 18.8. The molecule has 200 valence electrons. The number of ether oxygens (including phenoxy) is 1. The van der Waals surface area contributed by atoms with E-state index in [2.05, 4.69) is 34.4 Å². The highest BCUT2D eigenvalue weighted by Crippen LogP contribution is 2.42. The molecule has 0 spiro atoms. The minimum absolute atomic E-state index is 0.0785. The molecule has 3 heterocycles. The van der Waals surface area contributed by atoms with Crippen LogP contribution in [0.4, 0.5) is 5.69 Å². The molecule has 2 fully saturated rings. The van der Waals surface area contributed by atoms with Gasteiger partial charge in [0.1, 0.15) is 11.8 Å². The number of aromatic nitrogens is 2. The maximum atomic E-state index is 13.4. The third-order valence-corrected chi connectivity index (χ3v) is 7.30. The Hall–Kier alpha value is -4.40. The number of rotatable bonds is 8. The second-order valence-corrected chi connectivity index (χ2v) is 10.7. The van der Waals surface area contributed by atoms with Crippen molar-refractivity contribution in [3.05, 3.63) is 83.3 Å². The van der Waals surface area contributed by atoms with E-state index in [0.29, 0.717) is 47.8 Å². The van der Waals surface area contributed by atoms with Gasteiger partial charge in [0.25, 0.3) is 11.8 Å². The van der Waals surface area contributed by atoms with Gasteiger partial charge in [0.2, 0.25) is 5.91 Å². The summed E-state index contributed by atoms with van der Waals surface area (Å²) in [7, 11) is 0. The van der Waals surface area contributed by atoms with E-state index in [9.17, 15) is 14.4 Å². The van der Waals surface area contributed by atoms with E-state index in [1.165, 1.54) is 18.4 Å². The quantitative estimate of drug-likeness (QED) is 0.419. The Bertz CT molecular complexity index is 1500. The van der Waals surface area contributed by atoms with E-state index in [1.54, 1.807) is 24.4 Å². The number of anilines is 1. The standard InChI is InChI=1S/C30H31N5O4/c1-17(2)39-23-12-21(20-8-9-20)11-22(13-23)34-16-19(15-32-34)14-31-25-6-4-5-24-27(25)30(38)35(29(24)37)26-10-7-18(3)33-28(26)36/h4-6,11-13,15-17,20,26,31H,3,7-10,14H2,1-2H3,(H,33,36). The molecule has 1 aliphatic carbocycles. The lowest BCUT2D eigenvalue weighted by atomic mass is 10.0. The van der Waals surface area contributed by atoms with Crippen molar-refractivity contribution in [1.29, 1.82) is 0 Å². The molecule has 3 amide bonds. The van der Waals surface area contributed by atoms with Crippen LogP contribution in [-0.2, 0) is 11.3 Å². The zero-order chi connectivity index (χ0) is 27.3. The first-order valence-corrected chi connectivity index (χ1v) is 13.4. The minimum atomic E-state index is -0.843. The van der Waals surface area contributed by atoms with Crippen molar-refractivity contribution in [3.63, 3.8) is 0 Å². The highest BCUT2D eigenvalue weighted by Gasteiger charge is 2.45. The number of hydrogen-bond acceptors (Lipinski definition) is 6. The molecule has 0 bridgehead atoms. The van der Waals surface area contributed by atoms with Gasteiger partial charge in [-0.2, -0.15) is 5.10 Å². The van der Waals surface area contributed by atoms with Gasteiger partial charge >= 0.3 is 0 Å². The molecule has 1 saturated carbocycles. The number of carbonyl (C=O) groups excluding carboxylic acids is 3. The van der Waals surface area contributed by atoms with Gasteiger partial charge in [0, 0.05) is 35.8 Å². The Labute approximate surface area is 226 Å². The van der Waals surface area contributed by atoms with Crippen molar-refractivity contribution in [3.8, 4) is 11.4 Å². The van der Waals surface area contributed by atoms with Crippen LogP contribution >= 0.6 is 0 Å². The number of imide groups is 1. The summed E-state index contributed by atoms with van der Waals surface area (Å²) in [6.07, 6.45) is 7.08. The van der Waals surface area contributed by atoms with E-state index in [1.807, 2.05) is 30.8 Å². The molecular formula is C30H31N5O4. The summed E-state index contributed by atoms with van der Waals surface area (Å²) in [6.45, 7) is 8.21. The predicted octanol–water partition coefficient (Wildman–Crippen LogP) is 4.54. The fourth-order valence-electron chi connectivity index (χ4n) is 5.26. The fourth-order valence-corrected chi connectivity index (χ4v) is 5.26. The molecule has 1 atom stereocenters. The number of benzene rings is 2. The summed E-state index contributed by atoms with van der Waals surface area (Å²) in [6, 6.07) is 10.6. The Morgan fingerprint density at radius 2 is 1.95 bits per heavy atom. The first kappa shape index (κ1) is 24.9. The van der Waals surface area contributed by atoms with Gasteiger partial charge < -0.3 is 15.4 Å². The maximum absolute atomic E-state index is 13.4. The van der Waals surface area contributed by atoms with Gasteiger partial charge in [-0.1, -0.05) is 12.6 Å². The van der Waals surface area contributed by atoms with Gasteiger partial charge in [0.05, 0.1) is 29.1 Å². The van der Waals surface area contributed by atoms with Gasteiger partial charge in [-0.15, -0.1) is 0 Å². The van der Waals surface area contributed by atoms with E-state index >= 15 is 0 Å². The number of nitrogens with one attached hydrogen (secondary N) is 2. The van der Waals surface area contributed by atoms with Crippen molar-refractivity contribution >= 4 is 23.4 Å². The lowest BCUT2D eigenvalue weighted by Crippen LogP contribution is -2.51. The Morgan fingerprint density at radius 1 is 1.13 bits per heavy atom. The molecule has 2 aromatic carbocycles.